The highest BCUT2D eigenvalue weighted by molar-refractivity contribution is 5.94. The molecule has 118 valence electrons. The first-order valence-corrected chi connectivity index (χ1v) is 7.51. The number of benzene rings is 2. The van der Waals surface area contributed by atoms with Crippen molar-refractivity contribution < 1.29 is 9.53 Å². The minimum Gasteiger partial charge on any atom is -0.489 e. The van der Waals surface area contributed by atoms with Gasteiger partial charge in [0.05, 0.1) is 5.69 Å². The molecule has 5 nitrogen and oxygen atoms in total. The lowest BCUT2D eigenvalue weighted by Gasteiger charge is -2.22. The van der Waals surface area contributed by atoms with Crippen molar-refractivity contribution in [3.63, 3.8) is 0 Å². The Morgan fingerprint density at radius 1 is 1.17 bits per heavy atom. The van der Waals surface area contributed by atoms with Crippen molar-refractivity contribution in [1.82, 2.24) is 5.32 Å². The van der Waals surface area contributed by atoms with E-state index < -0.39 is 0 Å². The van der Waals surface area contributed by atoms with E-state index in [9.17, 15) is 4.79 Å². The van der Waals surface area contributed by atoms with Crippen LogP contribution in [0.5, 0.6) is 5.75 Å². The van der Waals surface area contributed by atoms with E-state index in [1.54, 1.807) is 11.1 Å². The van der Waals surface area contributed by atoms with E-state index in [0.29, 0.717) is 13.1 Å². The smallest absolute Gasteiger partial charge is 0.326 e. The van der Waals surface area contributed by atoms with Crippen molar-refractivity contribution in [2.24, 2.45) is 5.73 Å². The van der Waals surface area contributed by atoms with Gasteiger partial charge in [0, 0.05) is 19.3 Å². The first-order chi connectivity index (χ1) is 11.3. The Morgan fingerprint density at radius 3 is 2.52 bits per heavy atom. The molecular weight excluding hydrogens is 290 g/mol. The van der Waals surface area contributed by atoms with Crippen molar-refractivity contribution in [2.75, 3.05) is 11.4 Å². The summed E-state index contributed by atoms with van der Waals surface area (Å²) in [4.78, 5) is 13.1. The van der Waals surface area contributed by atoms with E-state index in [-0.39, 0.29) is 6.03 Å². The van der Waals surface area contributed by atoms with E-state index in [1.165, 1.54) is 5.56 Å². The lowest BCUT2D eigenvalue weighted by Crippen LogP contribution is -2.39. The molecule has 3 aliphatic rings. The monoisotopic (exact) mass is 309 g/mol. The number of nitrogens with one attached hydrogen (secondary N) is 1. The van der Waals surface area contributed by atoms with E-state index in [0.717, 1.165) is 23.6 Å². The van der Waals surface area contributed by atoms with Gasteiger partial charge in [0.25, 0.3) is 0 Å². The zero-order valence-corrected chi connectivity index (χ0v) is 12.7. The van der Waals surface area contributed by atoms with Crippen LogP contribution in [0, 0.1) is 0 Å². The lowest BCUT2D eigenvalue weighted by molar-refractivity contribution is 0.248. The number of anilines is 1. The van der Waals surface area contributed by atoms with Crippen LogP contribution in [-0.4, -0.2) is 12.6 Å². The van der Waals surface area contributed by atoms with Crippen LogP contribution in [-0.2, 0) is 13.2 Å². The molecule has 5 rings (SSSR count). The molecule has 5 heteroatoms. The predicted molar refractivity (Wildman–Crippen MR) is 90.1 cm³/mol. The predicted octanol–water partition coefficient (Wildman–Crippen LogP) is 2.77. The van der Waals surface area contributed by atoms with Gasteiger partial charge in [0.2, 0.25) is 0 Å². The van der Waals surface area contributed by atoms with Gasteiger partial charge in [-0.15, -0.1) is 0 Å². The maximum absolute atomic E-state index is 11.5. The Bertz CT molecular complexity index is 687. The van der Waals surface area contributed by atoms with Crippen molar-refractivity contribution in [2.45, 2.75) is 13.2 Å². The molecule has 23 heavy (non-hydrogen) atoms. The highest BCUT2D eigenvalue weighted by Gasteiger charge is 2.14. The average molecular weight is 309 g/mol. The first-order valence-electron chi connectivity index (χ1n) is 7.51. The second-order valence-electron chi connectivity index (χ2n) is 5.25. The number of urea groups is 1. The Balaban J connectivity index is 0.000000162. The number of fused-ring (bicyclic) bond motifs is 3. The normalized spacial score (nSPS) is 14.7. The molecule has 3 heterocycles. The lowest BCUT2D eigenvalue weighted by atomic mass is 10.2. The summed E-state index contributed by atoms with van der Waals surface area (Å²) in [6.45, 7) is 1.83. The van der Waals surface area contributed by atoms with Crippen molar-refractivity contribution >= 4 is 11.7 Å². The molecule has 2 aromatic carbocycles. The number of nitrogens with zero attached hydrogens (tertiary/aromatic N) is 1. The summed E-state index contributed by atoms with van der Waals surface area (Å²) < 4.78 is 5.18. The van der Waals surface area contributed by atoms with Crippen molar-refractivity contribution in [3.05, 3.63) is 71.9 Å². The van der Waals surface area contributed by atoms with Gasteiger partial charge in [-0.3, -0.25) is 4.90 Å². The fourth-order valence-corrected chi connectivity index (χ4v) is 2.34. The van der Waals surface area contributed by atoms with Gasteiger partial charge in [-0.1, -0.05) is 24.3 Å². The molecule has 3 aliphatic heterocycles. The Kier molecular flexibility index (Phi) is 4.59. The highest BCUT2D eigenvalue weighted by atomic mass is 16.5. The maximum Gasteiger partial charge on any atom is 0.326 e. The third-order valence-electron chi connectivity index (χ3n) is 3.60. The van der Waals surface area contributed by atoms with Crippen molar-refractivity contribution in [1.29, 1.82) is 0 Å². The van der Waals surface area contributed by atoms with E-state index in [1.807, 2.05) is 42.5 Å². The molecule has 2 aromatic rings. The maximum atomic E-state index is 11.5. The molecule has 2 bridgehead atoms. The Labute approximate surface area is 135 Å². The molecule has 2 amide bonds. The standard InChI is InChI=1S/C11H13N3O.C7H6O/c12-8-9-3-1-4-10(7-9)14-6-2-5-13-11(14)15;1-3-7-4-2-6(1)5-8-7/h1-4,6-7H,5,8,12H2,(H,13,15);1-4H,5H2. The number of ether oxygens (including phenoxy) is 1. The number of nitrogens with two attached hydrogens (primary N) is 1. The van der Waals surface area contributed by atoms with Gasteiger partial charge in [0.15, 0.2) is 0 Å². The van der Waals surface area contributed by atoms with Crippen LogP contribution >= 0.6 is 0 Å². The fraction of sp³-hybridized carbons (Fsp3) is 0.167. The molecule has 0 radical (unpaired) electrons. The zero-order chi connectivity index (χ0) is 16.1. The molecule has 0 fully saturated rings. The first kappa shape index (κ1) is 15.1. The van der Waals surface area contributed by atoms with Crippen LogP contribution in [0.15, 0.2) is 60.8 Å². The number of rotatable bonds is 2. The summed E-state index contributed by atoms with van der Waals surface area (Å²) >= 11 is 0. The highest BCUT2D eigenvalue weighted by Crippen LogP contribution is 2.19. The van der Waals surface area contributed by atoms with Gasteiger partial charge < -0.3 is 15.8 Å². The topological polar surface area (TPSA) is 67.6 Å². The molecule has 0 aliphatic carbocycles. The zero-order valence-electron chi connectivity index (χ0n) is 12.7. The summed E-state index contributed by atoms with van der Waals surface area (Å²) in [6, 6.07) is 15.7. The minimum absolute atomic E-state index is 0.105. The summed E-state index contributed by atoms with van der Waals surface area (Å²) in [5.41, 5.74) is 8.66. The number of hydrogen-bond donors (Lipinski definition) is 2. The number of amides is 2. The minimum atomic E-state index is -0.105. The second kappa shape index (κ2) is 6.98. The summed E-state index contributed by atoms with van der Waals surface area (Å²) in [5.74, 6) is 0.986. The SMILES string of the molecule is NCc1cccc(N2C=CCNC2=O)c1.c1cc2ccc1CO2. The van der Waals surface area contributed by atoms with E-state index >= 15 is 0 Å². The average Bonchev–Trinajstić information content (AvgIpc) is 2.64. The van der Waals surface area contributed by atoms with Crippen LogP contribution in [0.25, 0.3) is 0 Å². The van der Waals surface area contributed by atoms with Crippen LogP contribution in [0.1, 0.15) is 11.1 Å². The fourth-order valence-electron chi connectivity index (χ4n) is 2.34. The number of hydrogen-bond acceptors (Lipinski definition) is 3. The second-order valence-corrected chi connectivity index (χ2v) is 5.25. The van der Waals surface area contributed by atoms with Crippen LogP contribution in [0.4, 0.5) is 10.5 Å². The van der Waals surface area contributed by atoms with Crippen LogP contribution in [0.3, 0.4) is 0 Å². The third-order valence-corrected chi connectivity index (χ3v) is 3.60. The molecule has 0 saturated heterocycles. The van der Waals surface area contributed by atoms with E-state index in [2.05, 4.69) is 17.4 Å². The molecule has 0 spiro atoms. The van der Waals surface area contributed by atoms with E-state index in [4.69, 9.17) is 10.5 Å². The van der Waals surface area contributed by atoms with Crippen molar-refractivity contribution in [3.8, 4) is 5.75 Å². The number of carbonyl (C=O) groups is 1. The quantitative estimate of drug-likeness (QED) is 0.896. The van der Waals surface area contributed by atoms with Gasteiger partial charge in [0.1, 0.15) is 12.4 Å². The molecule has 0 aromatic heterocycles. The third kappa shape index (κ3) is 3.70. The largest absolute Gasteiger partial charge is 0.489 e. The molecule has 0 unspecified atom stereocenters. The summed E-state index contributed by atoms with van der Waals surface area (Å²) in [5, 5.41) is 2.74. The Hall–Kier alpha value is -2.79. The molecule has 3 N–H and O–H groups in total. The van der Waals surface area contributed by atoms with Gasteiger partial charge >= 0.3 is 6.03 Å². The van der Waals surface area contributed by atoms with Gasteiger partial charge in [-0.25, -0.2) is 4.79 Å². The van der Waals surface area contributed by atoms with Gasteiger partial charge in [-0.2, -0.15) is 0 Å². The summed E-state index contributed by atoms with van der Waals surface area (Å²) in [6.07, 6.45) is 3.67. The van der Waals surface area contributed by atoms with Crippen LogP contribution < -0.4 is 20.7 Å². The van der Waals surface area contributed by atoms with Crippen LogP contribution in [0.2, 0.25) is 0 Å². The summed E-state index contributed by atoms with van der Waals surface area (Å²) in [7, 11) is 0. The Morgan fingerprint density at radius 2 is 2.00 bits per heavy atom. The molecular formula is C18H19N3O2. The number of carbonyl (C=O) groups excluding carboxylic acids is 1. The molecule has 0 saturated carbocycles. The molecule has 0 atom stereocenters. The van der Waals surface area contributed by atoms with Gasteiger partial charge in [-0.05, 0) is 41.5 Å².